The van der Waals surface area contributed by atoms with Crippen molar-refractivity contribution in [3.05, 3.63) is 12.2 Å². The quantitative estimate of drug-likeness (QED) is 0.372. The van der Waals surface area contributed by atoms with E-state index in [1.165, 1.54) is 0 Å². The van der Waals surface area contributed by atoms with Gasteiger partial charge in [-0.1, -0.05) is 32.9 Å². The molecule has 1 radical (unpaired) electrons. The lowest BCUT2D eigenvalue weighted by molar-refractivity contribution is 0.538. The molecule has 0 aliphatic heterocycles. The number of allylic oxidation sites excluding steroid dienone is 1. The van der Waals surface area contributed by atoms with Crippen molar-refractivity contribution < 1.29 is 4.79 Å². The normalized spacial score (nSPS) is 11.9. The van der Waals surface area contributed by atoms with Crippen LogP contribution in [0.1, 0.15) is 27.2 Å². The van der Waals surface area contributed by atoms with Gasteiger partial charge in [0.05, 0.1) is 0 Å². The number of rotatable bonds is 4. The molecule has 0 saturated heterocycles. The zero-order chi connectivity index (χ0) is 8.74. The van der Waals surface area contributed by atoms with Crippen molar-refractivity contribution in [2.75, 3.05) is 6.54 Å². The van der Waals surface area contributed by atoms with E-state index in [-0.39, 0.29) is 5.41 Å². The molecule has 0 aromatic heterocycles. The molecular weight excluding hydrogens is 138 g/mol. The number of hydrogen-bond donors (Lipinski definition) is 1. The fourth-order valence-electron chi connectivity index (χ4n) is 0.643. The predicted molar refractivity (Wildman–Crippen MR) is 46.9 cm³/mol. The van der Waals surface area contributed by atoms with Gasteiger partial charge in [0.15, 0.2) is 0 Å². The van der Waals surface area contributed by atoms with Gasteiger partial charge in [0, 0.05) is 6.54 Å². The third-order valence-electron chi connectivity index (χ3n) is 1.13. The van der Waals surface area contributed by atoms with Crippen LogP contribution >= 0.6 is 0 Å². The van der Waals surface area contributed by atoms with Crippen molar-refractivity contribution in [2.24, 2.45) is 5.41 Å². The Hall–Kier alpha value is -0.790. The summed E-state index contributed by atoms with van der Waals surface area (Å²) in [5.74, 6) is 0. The Morgan fingerprint density at radius 3 is 2.55 bits per heavy atom. The maximum Gasteiger partial charge on any atom is 0.309 e. The Morgan fingerprint density at radius 2 is 2.09 bits per heavy atom. The standard InChI is InChI=1S/C9H16NO/c1-9(2,3)6-4-5-7-10-8-11/h4,6H,5,7H2,1-3H3,(H,10,11)/b6-4-. The van der Waals surface area contributed by atoms with Gasteiger partial charge in [0.1, 0.15) is 0 Å². The molecule has 0 rings (SSSR count). The second kappa shape index (κ2) is 4.94. The highest BCUT2D eigenvalue weighted by Gasteiger charge is 2.02. The van der Waals surface area contributed by atoms with Gasteiger partial charge in [-0.15, -0.1) is 0 Å². The first-order chi connectivity index (χ1) is 5.06. The minimum atomic E-state index is 0.241. The van der Waals surface area contributed by atoms with Gasteiger partial charge in [0.2, 0.25) is 0 Å². The highest BCUT2D eigenvalue weighted by atomic mass is 16.1. The highest BCUT2D eigenvalue weighted by molar-refractivity contribution is 5.46. The smallest absolute Gasteiger partial charge is 0.309 e. The van der Waals surface area contributed by atoms with E-state index >= 15 is 0 Å². The molecule has 0 atom stereocenters. The lowest BCUT2D eigenvalue weighted by Crippen LogP contribution is -2.11. The molecule has 11 heavy (non-hydrogen) atoms. The zero-order valence-electron chi connectivity index (χ0n) is 7.48. The maximum atomic E-state index is 9.70. The van der Waals surface area contributed by atoms with Crippen molar-refractivity contribution in [1.82, 2.24) is 5.32 Å². The molecule has 0 aliphatic carbocycles. The van der Waals surface area contributed by atoms with E-state index in [2.05, 4.69) is 38.2 Å². The molecule has 0 aliphatic rings. The van der Waals surface area contributed by atoms with Gasteiger partial charge in [0.25, 0.3) is 0 Å². The summed E-state index contributed by atoms with van der Waals surface area (Å²) in [4.78, 5) is 9.70. The van der Waals surface area contributed by atoms with Crippen LogP contribution in [-0.4, -0.2) is 13.0 Å². The average Bonchev–Trinajstić information content (AvgIpc) is 1.85. The summed E-state index contributed by atoms with van der Waals surface area (Å²) in [6.07, 6.45) is 6.73. The Labute approximate surface area is 68.7 Å². The molecule has 0 aromatic rings. The zero-order valence-corrected chi connectivity index (χ0v) is 7.48. The van der Waals surface area contributed by atoms with Crippen LogP contribution in [0.5, 0.6) is 0 Å². The average molecular weight is 154 g/mol. The summed E-state index contributed by atoms with van der Waals surface area (Å²) in [7, 11) is 0. The molecule has 1 N–H and O–H groups in total. The minimum Gasteiger partial charge on any atom is -0.348 e. The van der Waals surface area contributed by atoms with E-state index in [0.29, 0.717) is 6.54 Å². The van der Waals surface area contributed by atoms with E-state index in [1.807, 2.05) is 0 Å². The molecule has 0 bridgehead atoms. The lowest BCUT2D eigenvalue weighted by atomic mass is 9.96. The Bertz CT molecular complexity index is 133. The van der Waals surface area contributed by atoms with Gasteiger partial charge in [-0.05, 0) is 11.8 Å². The Kier molecular flexibility index (Phi) is 4.59. The predicted octanol–water partition coefficient (Wildman–Crippen LogP) is 1.64. The number of nitrogens with one attached hydrogen (secondary N) is 1. The van der Waals surface area contributed by atoms with Gasteiger partial charge in [-0.3, -0.25) is 4.79 Å². The van der Waals surface area contributed by atoms with Gasteiger partial charge < -0.3 is 5.32 Å². The number of carbonyl (C=O) groups excluding carboxylic acids is 1. The van der Waals surface area contributed by atoms with E-state index in [1.54, 1.807) is 6.41 Å². The van der Waals surface area contributed by atoms with Crippen LogP contribution < -0.4 is 5.32 Å². The van der Waals surface area contributed by atoms with Crippen LogP contribution in [0.4, 0.5) is 0 Å². The molecule has 0 spiro atoms. The summed E-state index contributed by atoms with van der Waals surface area (Å²) in [5, 5.41) is 2.48. The second-order valence-electron chi connectivity index (χ2n) is 3.59. The molecule has 0 saturated carbocycles. The third-order valence-corrected chi connectivity index (χ3v) is 1.13. The summed E-state index contributed by atoms with van der Waals surface area (Å²) in [6, 6.07) is 0. The Morgan fingerprint density at radius 1 is 1.45 bits per heavy atom. The first-order valence-corrected chi connectivity index (χ1v) is 3.84. The third kappa shape index (κ3) is 9.21. The summed E-state index contributed by atoms with van der Waals surface area (Å²) >= 11 is 0. The molecule has 63 valence electrons. The van der Waals surface area contributed by atoms with Crippen molar-refractivity contribution in [3.8, 4) is 0 Å². The molecule has 1 amide bonds. The maximum absolute atomic E-state index is 9.70. The molecule has 2 heteroatoms. The van der Waals surface area contributed by atoms with Crippen molar-refractivity contribution in [1.29, 1.82) is 0 Å². The molecular formula is C9H16NO. The van der Waals surface area contributed by atoms with Gasteiger partial charge in [-0.25, -0.2) is 0 Å². The lowest BCUT2D eigenvalue weighted by Gasteiger charge is -2.10. The Balaban J connectivity index is 3.37. The summed E-state index contributed by atoms with van der Waals surface area (Å²) in [6.45, 7) is 7.10. The number of amides is 1. The van der Waals surface area contributed by atoms with E-state index < -0.39 is 0 Å². The van der Waals surface area contributed by atoms with E-state index in [4.69, 9.17) is 0 Å². The van der Waals surface area contributed by atoms with Crippen LogP contribution in [0, 0.1) is 5.41 Å². The van der Waals surface area contributed by atoms with Crippen LogP contribution in [0.3, 0.4) is 0 Å². The number of hydrogen-bond acceptors (Lipinski definition) is 1. The van der Waals surface area contributed by atoms with Crippen molar-refractivity contribution >= 4 is 6.41 Å². The molecule has 0 heterocycles. The SMILES string of the molecule is CC(C)(C)/C=C\CCN[C]=O. The molecule has 0 fully saturated rings. The fourth-order valence-corrected chi connectivity index (χ4v) is 0.643. The second-order valence-corrected chi connectivity index (χ2v) is 3.59. The minimum absolute atomic E-state index is 0.241. The monoisotopic (exact) mass is 154 g/mol. The molecule has 0 unspecified atom stereocenters. The molecule has 0 aromatic carbocycles. The van der Waals surface area contributed by atoms with Crippen LogP contribution in [0.15, 0.2) is 12.2 Å². The topological polar surface area (TPSA) is 29.1 Å². The first-order valence-electron chi connectivity index (χ1n) is 3.84. The molecule has 2 nitrogen and oxygen atoms in total. The van der Waals surface area contributed by atoms with Gasteiger partial charge in [-0.2, -0.15) is 0 Å². The van der Waals surface area contributed by atoms with Crippen molar-refractivity contribution in [3.63, 3.8) is 0 Å². The fraction of sp³-hybridized carbons (Fsp3) is 0.667. The van der Waals surface area contributed by atoms with Crippen molar-refractivity contribution in [2.45, 2.75) is 27.2 Å². The van der Waals surface area contributed by atoms with Crippen LogP contribution in [0.2, 0.25) is 0 Å². The van der Waals surface area contributed by atoms with E-state index in [9.17, 15) is 4.79 Å². The van der Waals surface area contributed by atoms with Gasteiger partial charge >= 0.3 is 6.41 Å². The summed E-state index contributed by atoms with van der Waals surface area (Å²) < 4.78 is 0. The first kappa shape index (κ1) is 10.2. The highest BCUT2D eigenvalue weighted by Crippen LogP contribution is 2.14. The summed E-state index contributed by atoms with van der Waals surface area (Å²) in [5.41, 5.74) is 0.241. The van der Waals surface area contributed by atoms with E-state index in [0.717, 1.165) is 6.42 Å². The largest absolute Gasteiger partial charge is 0.348 e. The van der Waals surface area contributed by atoms with Crippen LogP contribution in [-0.2, 0) is 4.79 Å². The van der Waals surface area contributed by atoms with Crippen LogP contribution in [0.25, 0.3) is 0 Å².